The van der Waals surface area contributed by atoms with Gasteiger partial charge in [0, 0.05) is 23.0 Å². The summed E-state index contributed by atoms with van der Waals surface area (Å²) in [6, 6.07) is 0.137. The van der Waals surface area contributed by atoms with E-state index in [2.05, 4.69) is 18.8 Å². The Morgan fingerprint density at radius 1 is 1.35 bits per heavy atom. The second-order valence-electron chi connectivity index (χ2n) is 5.97. The number of carboxylic acids is 1. The molecule has 1 aliphatic carbocycles. The first kappa shape index (κ1) is 14.8. The van der Waals surface area contributed by atoms with Crippen LogP contribution in [0.4, 0.5) is 0 Å². The fourth-order valence-electron chi connectivity index (χ4n) is 3.32. The van der Waals surface area contributed by atoms with Crippen molar-refractivity contribution in [1.29, 1.82) is 0 Å². The van der Waals surface area contributed by atoms with Gasteiger partial charge in [0.2, 0.25) is 0 Å². The highest BCUT2D eigenvalue weighted by Gasteiger charge is 2.33. The van der Waals surface area contributed by atoms with Crippen LogP contribution in [-0.4, -0.2) is 20.6 Å². The summed E-state index contributed by atoms with van der Waals surface area (Å²) in [5.41, 5.74) is 1.71. The Labute approximate surface area is 118 Å². The van der Waals surface area contributed by atoms with Gasteiger partial charge in [0.1, 0.15) is 0 Å². The SMILES string of the molecule is Cc1nc(=O)n(C2CCC(C)C2C)c(C)c1CC(=O)O. The van der Waals surface area contributed by atoms with Gasteiger partial charge in [0.05, 0.1) is 6.42 Å². The van der Waals surface area contributed by atoms with E-state index in [1.165, 1.54) is 0 Å². The number of aromatic nitrogens is 2. The van der Waals surface area contributed by atoms with Crippen molar-refractivity contribution in [2.75, 3.05) is 0 Å². The molecule has 1 aromatic rings. The molecule has 5 nitrogen and oxygen atoms in total. The second kappa shape index (κ2) is 5.38. The Hall–Kier alpha value is -1.65. The minimum absolute atomic E-state index is 0.0817. The number of carboxylic acid groups (broad SMARTS) is 1. The summed E-state index contributed by atoms with van der Waals surface area (Å²) in [5, 5.41) is 9.02. The number of hydrogen-bond donors (Lipinski definition) is 1. The molecular formula is C15H22N2O3. The fourth-order valence-corrected chi connectivity index (χ4v) is 3.32. The largest absolute Gasteiger partial charge is 0.481 e. The van der Waals surface area contributed by atoms with Crippen LogP contribution in [0.2, 0.25) is 0 Å². The predicted molar refractivity (Wildman–Crippen MR) is 75.9 cm³/mol. The van der Waals surface area contributed by atoms with E-state index in [1.807, 2.05) is 6.92 Å². The van der Waals surface area contributed by atoms with Crippen molar-refractivity contribution in [2.24, 2.45) is 11.8 Å². The normalized spacial score (nSPS) is 25.9. The Bertz CT molecular complexity index is 592. The Morgan fingerprint density at radius 3 is 2.50 bits per heavy atom. The summed E-state index contributed by atoms with van der Waals surface area (Å²) in [7, 11) is 0. The quantitative estimate of drug-likeness (QED) is 0.919. The standard InChI is InChI=1S/C15H22N2O3/c1-8-5-6-13(9(8)2)17-11(4)12(7-14(18)19)10(3)16-15(17)20/h8-9,13H,5-7H2,1-4H3,(H,18,19). The van der Waals surface area contributed by atoms with E-state index in [9.17, 15) is 9.59 Å². The third kappa shape index (κ3) is 2.49. The highest BCUT2D eigenvalue weighted by Crippen LogP contribution is 2.39. The van der Waals surface area contributed by atoms with Crippen molar-refractivity contribution in [3.63, 3.8) is 0 Å². The van der Waals surface area contributed by atoms with Crippen molar-refractivity contribution in [2.45, 2.75) is 53.0 Å². The molecule has 1 saturated carbocycles. The van der Waals surface area contributed by atoms with Crippen LogP contribution < -0.4 is 5.69 Å². The molecule has 1 aromatic heterocycles. The van der Waals surface area contributed by atoms with Crippen LogP contribution in [0.5, 0.6) is 0 Å². The predicted octanol–water partition coefficient (Wildman–Crippen LogP) is 2.09. The fraction of sp³-hybridized carbons (Fsp3) is 0.667. The minimum atomic E-state index is -0.893. The van der Waals surface area contributed by atoms with Gasteiger partial charge >= 0.3 is 11.7 Å². The number of carbonyl (C=O) groups is 1. The molecule has 0 bridgehead atoms. The first-order chi connectivity index (χ1) is 9.32. The third-order valence-corrected chi connectivity index (χ3v) is 4.79. The molecule has 0 amide bonds. The van der Waals surface area contributed by atoms with Gasteiger partial charge in [-0.15, -0.1) is 0 Å². The summed E-state index contributed by atoms with van der Waals surface area (Å²) in [5.74, 6) is 0.0974. The van der Waals surface area contributed by atoms with Crippen molar-refractivity contribution in [1.82, 2.24) is 9.55 Å². The molecule has 0 aliphatic heterocycles. The third-order valence-electron chi connectivity index (χ3n) is 4.79. The van der Waals surface area contributed by atoms with E-state index < -0.39 is 5.97 Å². The summed E-state index contributed by atoms with van der Waals surface area (Å²) < 4.78 is 1.72. The summed E-state index contributed by atoms with van der Waals surface area (Å²) in [6.45, 7) is 7.90. The molecular weight excluding hydrogens is 256 g/mol. The first-order valence-electron chi connectivity index (χ1n) is 7.13. The van der Waals surface area contributed by atoms with Crippen LogP contribution in [0.1, 0.15) is 49.7 Å². The van der Waals surface area contributed by atoms with Crippen LogP contribution >= 0.6 is 0 Å². The molecule has 1 aliphatic rings. The molecule has 3 unspecified atom stereocenters. The number of aliphatic carboxylic acids is 1. The topological polar surface area (TPSA) is 72.2 Å². The van der Waals surface area contributed by atoms with Crippen LogP contribution in [0.25, 0.3) is 0 Å². The Balaban J connectivity index is 2.53. The van der Waals surface area contributed by atoms with E-state index in [1.54, 1.807) is 11.5 Å². The van der Waals surface area contributed by atoms with Crippen molar-refractivity contribution >= 4 is 5.97 Å². The monoisotopic (exact) mass is 278 g/mol. The van der Waals surface area contributed by atoms with E-state index in [0.717, 1.165) is 18.5 Å². The van der Waals surface area contributed by atoms with Gasteiger partial charge in [-0.2, -0.15) is 4.98 Å². The Kier molecular flexibility index (Phi) is 3.97. The molecule has 2 rings (SSSR count). The lowest BCUT2D eigenvalue weighted by Gasteiger charge is -2.24. The lowest BCUT2D eigenvalue weighted by Crippen LogP contribution is -2.33. The Morgan fingerprint density at radius 2 is 2.00 bits per heavy atom. The van der Waals surface area contributed by atoms with E-state index in [-0.39, 0.29) is 18.2 Å². The number of aryl methyl sites for hydroxylation is 1. The smallest absolute Gasteiger partial charge is 0.348 e. The molecule has 20 heavy (non-hydrogen) atoms. The highest BCUT2D eigenvalue weighted by atomic mass is 16.4. The molecule has 1 fully saturated rings. The molecule has 0 saturated heterocycles. The summed E-state index contributed by atoms with van der Waals surface area (Å²) in [6.07, 6.45) is 1.97. The van der Waals surface area contributed by atoms with Gasteiger partial charge in [-0.1, -0.05) is 13.8 Å². The molecule has 3 atom stereocenters. The average Bonchev–Trinajstić information content (AvgIpc) is 2.66. The van der Waals surface area contributed by atoms with Crippen LogP contribution in [0.15, 0.2) is 4.79 Å². The maximum absolute atomic E-state index is 12.2. The molecule has 1 N–H and O–H groups in total. The molecule has 0 spiro atoms. The summed E-state index contributed by atoms with van der Waals surface area (Å²) in [4.78, 5) is 27.3. The van der Waals surface area contributed by atoms with Gasteiger partial charge in [0.15, 0.2) is 0 Å². The zero-order chi connectivity index (χ0) is 15.0. The lowest BCUT2D eigenvalue weighted by molar-refractivity contribution is -0.136. The second-order valence-corrected chi connectivity index (χ2v) is 5.97. The summed E-state index contributed by atoms with van der Waals surface area (Å²) >= 11 is 0. The van der Waals surface area contributed by atoms with Gasteiger partial charge < -0.3 is 5.11 Å². The van der Waals surface area contributed by atoms with Crippen LogP contribution in [-0.2, 0) is 11.2 Å². The van der Waals surface area contributed by atoms with E-state index in [4.69, 9.17) is 5.11 Å². The van der Waals surface area contributed by atoms with Crippen LogP contribution in [0, 0.1) is 25.7 Å². The first-order valence-corrected chi connectivity index (χ1v) is 7.13. The molecule has 110 valence electrons. The van der Waals surface area contributed by atoms with Crippen molar-refractivity contribution < 1.29 is 9.90 Å². The van der Waals surface area contributed by atoms with E-state index in [0.29, 0.717) is 23.1 Å². The van der Waals surface area contributed by atoms with Crippen molar-refractivity contribution in [3.8, 4) is 0 Å². The number of hydrogen-bond acceptors (Lipinski definition) is 3. The molecule has 1 heterocycles. The van der Waals surface area contributed by atoms with Crippen molar-refractivity contribution in [3.05, 3.63) is 27.4 Å². The molecule has 0 aromatic carbocycles. The van der Waals surface area contributed by atoms with Gasteiger partial charge in [-0.25, -0.2) is 4.79 Å². The van der Waals surface area contributed by atoms with Gasteiger partial charge in [0.25, 0.3) is 0 Å². The lowest BCUT2D eigenvalue weighted by atomic mass is 9.97. The zero-order valence-electron chi connectivity index (χ0n) is 12.5. The van der Waals surface area contributed by atoms with Gasteiger partial charge in [-0.3, -0.25) is 9.36 Å². The average molecular weight is 278 g/mol. The van der Waals surface area contributed by atoms with E-state index >= 15 is 0 Å². The molecule has 0 radical (unpaired) electrons. The maximum atomic E-state index is 12.2. The number of rotatable bonds is 3. The zero-order valence-corrected chi connectivity index (χ0v) is 12.5. The molecule has 5 heteroatoms. The number of nitrogens with zero attached hydrogens (tertiary/aromatic N) is 2. The minimum Gasteiger partial charge on any atom is -0.481 e. The highest BCUT2D eigenvalue weighted by molar-refractivity contribution is 5.70. The maximum Gasteiger partial charge on any atom is 0.348 e. The van der Waals surface area contributed by atoms with Gasteiger partial charge in [-0.05, 0) is 38.5 Å². The van der Waals surface area contributed by atoms with Crippen LogP contribution in [0.3, 0.4) is 0 Å².